The zero-order chi connectivity index (χ0) is 17.2. The Balaban J connectivity index is 1.53. The molecule has 25 heavy (non-hydrogen) atoms. The number of halogens is 1. The molecule has 4 rings (SSSR count). The standard InChI is InChI=1S/C17H11ClN4OS2/c18-15-6-5-14(25-15)13-10-24-17(20-13)21-16(23)11-3-1-4-12(9-11)22-8-2-7-19-22/h1-10H,(H,20,21,23). The van der Waals surface area contributed by atoms with Crippen LogP contribution in [-0.4, -0.2) is 20.7 Å². The average Bonchev–Trinajstić information content (AvgIpc) is 3.36. The highest BCUT2D eigenvalue weighted by molar-refractivity contribution is 7.20. The lowest BCUT2D eigenvalue weighted by Gasteiger charge is -2.05. The maximum atomic E-state index is 12.5. The van der Waals surface area contributed by atoms with Gasteiger partial charge in [-0.1, -0.05) is 17.7 Å². The molecule has 0 spiro atoms. The molecule has 3 heterocycles. The number of benzene rings is 1. The van der Waals surface area contributed by atoms with Gasteiger partial charge in [-0.3, -0.25) is 10.1 Å². The summed E-state index contributed by atoms with van der Waals surface area (Å²) >= 11 is 8.79. The monoisotopic (exact) mass is 386 g/mol. The van der Waals surface area contributed by atoms with Crippen LogP contribution in [0.2, 0.25) is 4.34 Å². The highest BCUT2D eigenvalue weighted by Crippen LogP contribution is 2.32. The van der Waals surface area contributed by atoms with E-state index in [1.165, 1.54) is 22.7 Å². The smallest absolute Gasteiger partial charge is 0.257 e. The zero-order valence-electron chi connectivity index (χ0n) is 12.7. The second-order valence-electron chi connectivity index (χ2n) is 5.10. The van der Waals surface area contributed by atoms with E-state index in [-0.39, 0.29) is 5.91 Å². The van der Waals surface area contributed by atoms with Gasteiger partial charge in [0.1, 0.15) is 0 Å². The van der Waals surface area contributed by atoms with Crippen LogP contribution in [0, 0.1) is 0 Å². The molecule has 0 bridgehead atoms. The van der Waals surface area contributed by atoms with Gasteiger partial charge < -0.3 is 0 Å². The highest BCUT2D eigenvalue weighted by atomic mass is 35.5. The van der Waals surface area contributed by atoms with Gasteiger partial charge in [0.05, 0.1) is 20.6 Å². The molecule has 0 saturated carbocycles. The van der Waals surface area contributed by atoms with Crippen molar-refractivity contribution >= 4 is 45.3 Å². The van der Waals surface area contributed by atoms with Gasteiger partial charge in [0, 0.05) is 23.3 Å². The van der Waals surface area contributed by atoms with Crippen LogP contribution in [0.15, 0.2) is 60.2 Å². The van der Waals surface area contributed by atoms with Gasteiger partial charge in [0.2, 0.25) is 0 Å². The molecule has 1 N–H and O–H groups in total. The number of hydrogen-bond donors (Lipinski definition) is 1. The lowest BCUT2D eigenvalue weighted by molar-refractivity contribution is 0.102. The number of hydrogen-bond acceptors (Lipinski definition) is 5. The van der Waals surface area contributed by atoms with E-state index in [9.17, 15) is 4.79 Å². The first-order chi connectivity index (χ1) is 12.2. The number of rotatable bonds is 4. The molecule has 124 valence electrons. The van der Waals surface area contributed by atoms with Crippen LogP contribution >= 0.6 is 34.3 Å². The van der Waals surface area contributed by atoms with Crippen molar-refractivity contribution in [3.05, 3.63) is 70.1 Å². The fraction of sp³-hybridized carbons (Fsp3) is 0. The first-order valence-corrected chi connectivity index (χ1v) is 9.39. The summed E-state index contributed by atoms with van der Waals surface area (Å²) in [7, 11) is 0. The molecule has 0 saturated heterocycles. The topological polar surface area (TPSA) is 59.8 Å². The molecule has 0 aliphatic heterocycles. The Morgan fingerprint density at radius 3 is 2.88 bits per heavy atom. The van der Waals surface area contributed by atoms with Gasteiger partial charge in [-0.2, -0.15) is 5.10 Å². The van der Waals surface area contributed by atoms with Crippen molar-refractivity contribution in [3.8, 4) is 16.3 Å². The van der Waals surface area contributed by atoms with E-state index in [1.54, 1.807) is 23.0 Å². The molecule has 0 unspecified atom stereocenters. The lowest BCUT2D eigenvalue weighted by atomic mass is 10.2. The van der Waals surface area contributed by atoms with Gasteiger partial charge in [0.15, 0.2) is 5.13 Å². The molecule has 4 aromatic rings. The number of aromatic nitrogens is 3. The van der Waals surface area contributed by atoms with Crippen LogP contribution in [0.5, 0.6) is 0 Å². The van der Waals surface area contributed by atoms with Crippen molar-refractivity contribution < 1.29 is 4.79 Å². The molecule has 0 aliphatic carbocycles. The summed E-state index contributed by atoms with van der Waals surface area (Å²) in [5.74, 6) is -0.209. The second kappa shape index (κ2) is 6.79. The summed E-state index contributed by atoms with van der Waals surface area (Å²) in [5, 5.41) is 9.46. The van der Waals surface area contributed by atoms with Crippen LogP contribution in [0.3, 0.4) is 0 Å². The fourth-order valence-electron chi connectivity index (χ4n) is 2.28. The number of nitrogens with zero attached hydrogens (tertiary/aromatic N) is 3. The van der Waals surface area contributed by atoms with Gasteiger partial charge in [-0.15, -0.1) is 22.7 Å². The van der Waals surface area contributed by atoms with Crippen LogP contribution in [0.25, 0.3) is 16.3 Å². The predicted molar refractivity (Wildman–Crippen MR) is 102 cm³/mol. The molecule has 0 fully saturated rings. The second-order valence-corrected chi connectivity index (χ2v) is 7.67. The third-order valence-electron chi connectivity index (χ3n) is 3.43. The Hall–Kier alpha value is -2.48. The minimum atomic E-state index is -0.209. The molecule has 1 amide bonds. The Labute approximate surface area is 156 Å². The number of thiazole rings is 1. The maximum absolute atomic E-state index is 12.5. The van der Waals surface area contributed by atoms with Gasteiger partial charge in [0.25, 0.3) is 5.91 Å². The summed E-state index contributed by atoms with van der Waals surface area (Å²) in [6.07, 6.45) is 3.52. The van der Waals surface area contributed by atoms with Crippen LogP contribution in [-0.2, 0) is 0 Å². The van der Waals surface area contributed by atoms with Gasteiger partial charge in [-0.25, -0.2) is 9.67 Å². The van der Waals surface area contributed by atoms with Crippen LogP contribution < -0.4 is 5.32 Å². The van der Waals surface area contributed by atoms with Crippen molar-refractivity contribution in [1.29, 1.82) is 0 Å². The van der Waals surface area contributed by atoms with Crippen molar-refractivity contribution in [2.75, 3.05) is 5.32 Å². The van der Waals surface area contributed by atoms with E-state index in [1.807, 2.05) is 41.9 Å². The third-order valence-corrected chi connectivity index (χ3v) is 5.44. The Morgan fingerprint density at radius 1 is 1.20 bits per heavy atom. The average molecular weight is 387 g/mol. The number of carbonyl (C=O) groups excluding carboxylic acids is 1. The van der Waals surface area contributed by atoms with Crippen molar-refractivity contribution in [3.63, 3.8) is 0 Å². The fourth-order valence-corrected chi connectivity index (χ4v) is 4.06. The number of nitrogens with one attached hydrogen (secondary N) is 1. The summed E-state index contributed by atoms with van der Waals surface area (Å²) in [4.78, 5) is 17.9. The molecule has 3 aromatic heterocycles. The first kappa shape index (κ1) is 16.0. The Morgan fingerprint density at radius 2 is 2.12 bits per heavy atom. The quantitative estimate of drug-likeness (QED) is 0.539. The van der Waals surface area contributed by atoms with E-state index in [0.717, 1.165) is 16.3 Å². The highest BCUT2D eigenvalue weighted by Gasteiger charge is 2.12. The van der Waals surface area contributed by atoms with E-state index >= 15 is 0 Å². The molecular formula is C17H11ClN4OS2. The summed E-state index contributed by atoms with van der Waals surface area (Å²) < 4.78 is 2.42. The lowest BCUT2D eigenvalue weighted by Crippen LogP contribution is -2.12. The van der Waals surface area contributed by atoms with Crippen molar-refractivity contribution in [1.82, 2.24) is 14.8 Å². The number of amides is 1. The number of anilines is 1. The van der Waals surface area contributed by atoms with Gasteiger partial charge >= 0.3 is 0 Å². The largest absolute Gasteiger partial charge is 0.298 e. The summed E-state index contributed by atoms with van der Waals surface area (Å²) in [5.41, 5.74) is 2.18. The summed E-state index contributed by atoms with van der Waals surface area (Å²) in [6, 6.07) is 12.9. The molecule has 8 heteroatoms. The van der Waals surface area contributed by atoms with E-state index in [2.05, 4.69) is 15.4 Å². The predicted octanol–water partition coefficient (Wildman–Crippen LogP) is 4.96. The minimum Gasteiger partial charge on any atom is -0.298 e. The first-order valence-electron chi connectivity index (χ1n) is 7.32. The normalized spacial score (nSPS) is 10.8. The maximum Gasteiger partial charge on any atom is 0.257 e. The Kier molecular flexibility index (Phi) is 4.35. The van der Waals surface area contributed by atoms with Crippen molar-refractivity contribution in [2.45, 2.75) is 0 Å². The van der Waals surface area contributed by atoms with Gasteiger partial charge in [-0.05, 0) is 36.4 Å². The van der Waals surface area contributed by atoms with Crippen LogP contribution in [0.4, 0.5) is 5.13 Å². The molecule has 0 radical (unpaired) electrons. The number of thiophene rings is 1. The molecular weight excluding hydrogens is 376 g/mol. The third kappa shape index (κ3) is 3.48. The number of carbonyl (C=O) groups is 1. The van der Waals surface area contributed by atoms with E-state index in [4.69, 9.17) is 11.6 Å². The minimum absolute atomic E-state index is 0.209. The van der Waals surface area contributed by atoms with Crippen LogP contribution in [0.1, 0.15) is 10.4 Å². The van der Waals surface area contributed by atoms with E-state index < -0.39 is 0 Å². The molecule has 0 aliphatic rings. The van der Waals surface area contributed by atoms with Crippen molar-refractivity contribution in [2.24, 2.45) is 0 Å². The van der Waals surface area contributed by atoms with E-state index in [0.29, 0.717) is 15.0 Å². The zero-order valence-corrected chi connectivity index (χ0v) is 15.1. The summed E-state index contributed by atoms with van der Waals surface area (Å²) in [6.45, 7) is 0. The molecule has 1 aromatic carbocycles. The molecule has 0 atom stereocenters. The molecule has 5 nitrogen and oxygen atoms in total. The Bertz CT molecular complexity index is 1020. The SMILES string of the molecule is O=C(Nc1nc(-c2ccc(Cl)s2)cs1)c1cccc(-n2cccn2)c1.